The summed E-state index contributed by atoms with van der Waals surface area (Å²) in [6, 6.07) is 7.74. The molecule has 2 aromatic heterocycles. The quantitative estimate of drug-likeness (QED) is 0.551. The predicted octanol–water partition coefficient (Wildman–Crippen LogP) is 4.07. The van der Waals surface area contributed by atoms with Crippen molar-refractivity contribution >= 4 is 34.6 Å². The first-order valence-corrected chi connectivity index (χ1v) is 11.3. The summed E-state index contributed by atoms with van der Waals surface area (Å²) in [5.41, 5.74) is 5.69. The van der Waals surface area contributed by atoms with Crippen LogP contribution in [-0.4, -0.2) is 38.7 Å². The van der Waals surface area contributed by atoms with Gasteiger partial charge in [-0.2, -0.15) is 15.0 Å². The summed E-state index contributed by atoms with van der Waals surface area (Å²) in [6.45, 7) is 3.92. The summed E-state index contributed by atoms with van der Waals surface area (Å²) in [5, 5.41) is 15.5. The lowest BCUT2D eigenvalue weighted by atomic mass is 9.96. The Labute approximate surface area is 192 Å². The zero-order chi connectivity index (χ0) is 23.3. The highest BCUT2D eigenvalue weighted by Gasteiger charge is 2.32. The van der Waals surface area contributed by atoms with E-state index in [1.807, 2.05) is 39.2 Å². The number of pyridine rings is 1. The van der Waals surface area contributed by atoms with E-state index in [4.69, 9.17) is 0 Å². The van der Waals surface area contributed by atoms with Gasteiger partial charge < -0.3 is 15.5 Å². The van der Waals surface area contributed by atoms with E-state index in [9.17, 15) is 9.59 Å². The molecule has 0 unspecified atom stereocenters. The van der Waals surface area contributed by atoms with Gasteiger partial charge in [0.1, 0.15) is 17.2 Å². The van der Waals surface area contributed by atoms with Gasteiger partial charge in [-0.05, 0) is 25.8 Å². The molecule has 1 aromatic carbocycles. The van der Waals surface area contributed by atoms with Crippen LogP contribution in [0.15, 0.2) is 30.5 Å². The average molecular weight is 446 g/mol. The SMILES string of the molecule is CCC(=O)c1cnc(NC(=O)C2CC2)cc1Nc1cccc2c1N(C)[C@@H](C)c1nn(C)nc1-2. The smallest absolute Gasteiger partial charge is 0.228 e. The molecular formula is C24H27N7O2. The molecule has 2 N–H and O–H groups in total. The number of ketones is 1. The fourth-order valence-electron chi connectivity index (χ4n) is 4.25. The van der Waals surface area contributed by atoms with Crippen molar-refractivity contribution in [3.8, 4) is 11.3 Å². The number of fused-ring (bicyclic) bond motifs is 3. The van der Waals surface area contributed by atoms with E-state index in [1.54, 1.807) is 17.1 Å². The maximum atomic E-state index is 12.6. The van der Waals surface area contributed by atoms with Gasteiger partial charge in [0.15, 0.2) is 5.78 Å². The third-order valence-corrected chi connectivity index (χ3v) is 6.35. The highest BCUT2D eigenvalue weighted by Crippen LogP contribution is 2.46. The number of aromatic nitrogens is 4. The molecule has 0 bridgehead atoms. The molecule has 1 aliphatic carbocycles. The summed E-state index contributed by atoms with van der Waals surface area (Å²) < 4.78 is 0. The van der Waals surface area contributed by atoms with Crippen LogP contribution in [0.5, 0.6) is 0 Å². The van der Waals surface area contributed by atoms with E-state index < -0.39 is 0 Å². The first-order chi connectivity index (χ1) is 15.9. The minimum absolute atomic E-state index is 0.0206. The van der Waals surface area contributed by atoms with Gasteiger partial charge in [-0.15, -0.1) is 0 Å². The fourth-order valence-corrected chi connectivity index (χ4v) is 4.25. The Kier molecular flexibility index (Phi) is 5.11. The van der Waals surface area contributed by atoms with Gasteiger partial charge in [0.05, 0.1) is 28.7 Å². The van der Waals surface area contributed by atoms with Crippen molar-refractivity contribution in [2.75, 3.05) is 22.6 Å². The lowest BCUT2D eigenvalue weighted by Crippen LogP contribution is -2.27. The highest BCUT2D eigenvalue weighted by molar-refractivity contribution is 6.03. The van der Waals surface area contributed by atoms with Crippen LogP contribution in [0.1, 0.15) is 55.2 Å². The van der Waals surface area contributed by atoms with Crippen LogP contribution < -0.4 is 15.5 Å². The molecular weight excluding hydrogens is 418 g/mol. The number of hydrogen-bond donors (Lipinski definition) is 2. The van der Waals surface area contributed by atoms with Gasteiger partial charge in [-0.25, -0.2) is 4.98 Å². The van der Waals surface area contributed by atoms with E-state index in [0.29, 0.717) is 23.5 Å². The van der Waals surface area contributed by atoms with Gasteiger partial charge in [0.2, 0.25) is 5.91 Å². The van der Waals surface area contributed by atoms with Gasteiger partial charge in [0, 0.05) is 44.3 Å². The average Bonchev–Trinajstić information content (AvgIpc) is 3.58. The van der Waals surface area contributed by atoms with E-state index in [-0.39, 0.29) is 23.7 Å². The maximum absolute atomic E-state index is 12.6. The van der Waals surface area contributed by atoms with E-state index in [2.05, 4.69) is 37.6 Å². The molecule has 0 spiro atoms. The Morgan fingerprint density at radius 3 is 2.67 bits per heavy atom. The molecule has 0 radical (unpaired) electrons. The van der Waals surface area contributed by atoms with Crippen LogP contribution in [0, 0.1) is 5.92 Å². The Hall–Kier alpha value is -3.75. The number of nitrogens with zero attached hydrogens (tertiary/aromatic N) is 5. The molecule has 170 valence electrons. The third kappa shape index (κ3) is 3.73. The summed E-state index contributed by atoms with van der Waals surface area (Å²) in [6.07, 6.45) is 3.72. The van der Waals surface area contributed by atoms with Crippen molar-refractivity contribution < 1.29 is 9.59 Å². The van der Waals surface area contributed by atoms with Gasteiger partial charge in [-0.3, -0.25) is 9.59 Å². The fraction of sp³-hybridized carbons (Fsp3) is 0.375. The Balaban J connectivity index is 1.57. The van der Waals surface area contributed by atoms with E-state index in [0.717, 1.165) is 41.2 Å². The molecule has 9 nitrogen and oxygen atoms in total. The number of nitrogens with one attached hydrogen (secondary N) is 2. The van der Waals surface area contributed by atoms with Crippen LogP contribution in [0.2, 0.25) is 0 Å². The van der Waals surface area contributed by atoms with E-state index >= 15 is 0 Å². The highest BCUT2D eigenvalue weighted by atomic mass is 16.2. The van der Waals surface area contributed by atoms with E-state index in [1.165, 1.54) is 0 Å². The number of carbonyl (C=O) groups excluding carboxylic acids is 2. The van der Waals surface area contributed by atoms with Crippen LogP contribution >= 0.6 is 0 Å². The number of amides is 1. The molecule has 1 fully saturated rings. The second-order valence-corrected chi connectivity index (χ2v) is 8.69. The summed E-state index contributed by atoms with van der Waals surface area (Å²) >= 11 is 0. The topological polar surface area (TPSA) is 105 Å². The van der Waals surface area contributed by atoms with Crippen molar-refractivity contribution in [1.82, 2.24) is 20.0 Å². The Bertz CT molecular complexity index is 1260. The second kappa shape index (κ2) is 7.99. The first-order valence-electron chi connectivity index (χ1n) is 11.3. The summed E-state index contributed by atoms with van der Waals surface area (Å²) in [5.74, 6) is 0.457. The van der Waals surface area contributed by atoms with Crippen LogP contribution in [0.25, 0.3) is 11.3 Å². The van der Waals surface area contributed by atoms with Crippen molar-refractivity contribution in [2.24, 2.45) is 13.0 Å². The molecule has 3 aromatic rings. The molecule has 3 heterocycles. The monoisotopic (exact) mass is 445 g/mol. The maximum Gasteiger partial charge on any atom is 0.228 e. The second-order valence-electron chi connectivity index (χ2n) is 8.69. The summed E-state index contributed by atoms with van der Waals surface area (Å²) in [4.78, 5) is 33.0. The van der Waals surface area contributed by atoms with Crippen molar-refractivity contribution in [3.63, 3.8) is 0 Å². The number of Topliss-reactive ketones (excluding diaryl/α,β-unsaturated/α-hetero) is 1. The normalized spacial score (nSPS) is 16.7. The number of benzene rings is 1. The number of rotatable bonds is 6. The molecule has 33 heavy (non-hydrogen) atoms. The molecule has 1 amide bonds. The molecule has 2 aliphatic rings. The molecule has 0 saturated heterocycles. The van der Waals surface area contributed by atoms with Crippen molar-refractivity contribution in [2.45, 2.75) is 39.2 Å². The Morgan fingerprint density at radius 1 is 1.15 bits per heavy atom. The lowest BCUT2D eigenvalue weighted by Gasteiger charge is -2.34. The number of para-hydroxylation sites is 1. The molecule has 1 aliphatic heterocycles. The molecule has 5 rings (SSSR count). The minimum atomic E-state index is -0.0242. The number of hydrogen-bond acceptors (Lipinski definition) is 7. The van der Waals surface area contributed by atoms with Crippen LogP contribution in [0.3, 0.4) is 0 Å². The summed E-state index contributed by atoms with van der Waals surface area (Å²) in [7, 11) is 3.85. The Morgan fingerprint density at radius 2 is 1.94 bits per heavy atom. The zero-order valence-electron chi connectivity index (χ0n) is 19.2. The van der Waals surface area contributed by atoms with Gasteiger partial charge >= 0.3 is 0 Å². The molecule has 1 saturated carbocycles. The third-order valence-electron chi connectivity index (χ3n) is 6.35. The predicted molar refractivity (Wildman–Crippen MR) is 127 cm³/mol. The molecule has 1 atom stereocenters. The zero-order valence-corrected chi connectivity index (χ0v) is 19.2. The lowest BCUT2D eigenvalue weighted by molar-refractivity contribution is -0.117. The van der Waals surface area contributed by atoms with Gasteiger partial charge in [0.25, 0.3) is 0 Å². The molecule has 9 heteroatoms. The van der Waals surface area contributed by atoms with Crippen molar-refractivity contribution in [3.05, 3.63) is 41.7 Å². The van der Waals surface area contributed by atoms with Crippen LogP contribution in [-0.2, 0) is 11.8 Å². The first kappa shape index (κ1) is 21.1. The number of carbonyl (C=O) groups is 2. The van der Waals surface area contributed by atoms with Crippen LogP contribution in [0.4, 0.5) is 22.9 Å². The van der Waals surface area contributed by atoms with Crippen molar-refractivity contribution in [1.29, 1.82) is 0 Å². The van der Waals surface area contributed by atoms with Gasteiger partial charge in [-0.1, -0.05) is 19.1 Å². The minimum Gasteiger partial charge on any atom is -0.364 e. The number of aryl methyl sites for hydroxylation is 1. The largest absolute Gasteiger partial charge is 0.364 e. The number of anilines is 4. The standard InChI is InChI=1S/C24H27N7O2/c1-5-19(32)16-12-25-20(27-24(33)14-9-10-14)11-18(16)26-17-8-6-7-15-22-21(28-31(4)29-22)13(2)30(3)23(15)17/h6-8,11-14H,5,9-10H2,1-4H3,(H2,25,26,27,33)/t13-/m0/s1.